The van der Waals surface area contributed by atoms with Crippen molar-refractivity contribution in [1.82, 2.24) is 4.31 Å². The highest BCUT2D eigenvalue weighted by Crippen LogP contribution is 2.33. The van der Waals surface area contributed by atoms with Crippen LogP contribution >= 0.6 is 12.2 Å². The number of hydrogen-bond donors (Lipinski definition) is 1. The Bertz CT molecular complexity index is 592. The van der Waals surface area contributed by atoms with Gasteiger partial charge in [-0.15, -0.1) is 0 Å². The van der Waals surface area contributed by atoms with Crippen LogP contribution in [0.4, 0.5) is 0 Å². The summed E-state index contributed by atoms with van der Waals surface area (Å²) in [5.41, 5.74) is 5.87. The van der Waals surface area contributed by atoms with Crippen molar-refractivity contribution < 1.29 is 8.42 Å². The molecule has 6 heteroatoms. The fourth-order valence-electron chi connectivity index (χ4n) is 2.45. The third kappa shape index (κ3) is 2.66. The first-order valence-electron chi connectivity index (χ1n) is 6.18. The van der Waals surface area contributed by atoms with Crippen LogP contribution in [0.25, 0.3) is 0 Å². The maximum atomic E-state index is 12.6. The summed E-state index contributed by atoms with van der Waals surface area (Å²) in [5.74, 6) is 0. The number of nitrogens with zero attached hydrogens (tertiary/aromatic N) is 1. The van der Waals surface area contributed by atoms with Gasteiger partial charge >= 0.3 is 0 Å². The fraction of sp³-hybridized carbons (Fsp3) is 0.462. The van der Waals surface area contributed by atoms with Crippen LogP contribution in [0.5, 0.6) is 0 Å². The van der Waals surface area contributed by atoms with Crippen molar-refractivity contribution in [3.8, 4) is 0 Å². The number of sulfonamides is 1. The molecule has 0 radical (unpaired) electrons. The molecule has 0 bridgehead atoms. The van der Waals surface area contributed by atoms with Crippen molar-refractivity contribution >= 4 is 27.2 Å². The minimum absolute atomic E-state index is 0.269. The van der Waals surface area contributed by atoms with Gasteiger partial charge in [0.05, 0.1) is 4.90 Å². The van der Waals surface area contributed by atoms with Crippen LogP contribution < -0.4 is 5.73 Å². The summed E-state index contributed by atoms with van der Waals surface area (Å²) < 4.78 is 26.8. The normalized spacial score (nSPS) is 19.5. The molecule has 104 valence electrons. The van der Waals surface area contributed by atoms with E-state index in [0.29, 0.717) is 17.0 Å². The Balaban J connectivity index is 2.37. The molecular weight excluding hydrogens is 280 g/mol. The number of nitrogens with two attached hydrogens (primary N) is 1. The molecule has 0 saturated carbocycles. The zero-order valence-corrected chi connectivity index (χ0v) is 12.7. The fourth-order valence-corrected chi connectivity index (χ4v) is 4.43. The zero-order valence-electron chi connectivity index (χ0n) is 11.1. The Morgan fingerprint density at radius 1 is 1.32 bits per heavy atom. The first kappa shape index (κ1) is 14.4. The molecular formula is C13H18N2O2S2. The van der Waals surface area contributed by atoms with Crippen LogP contribution in [0.2, 0.25) is 0 Å². The van der Waals surface area contributed by atoms with Crippen LogP contribution in [0.15, 0.2) is 29.2 Å². The molecule has 0 unspecified atom stereocenters. The molecule has 0 atom stereocenters. The summed E-state index contributed by atoms with van der Waals surface area (Å²) in [7, 11) is -3.44. The Labute approximate surface area is 119 Å². The predicted octanol–water partition coefficient (Wildman–Crippen LogP) is 1.88. The lowest BCUT2D eigenvalue weighted by Crippen LogP contribution is -2.42. The van der Waals surface area contributed by atoms with E-state index in [0.717, 1.165) is 12.8 Å². The van der Waals surface area contributed by atoms with Crippen molar-refractivity contribution in [3.05, 3.63) is 29.8 Å². The number of rotatable bonds is 3. The molecule has 0 aromatic heterocycles. The van der Waals surface area contributed by atoms with Gasteiger partial charge in [0.15, 0.2) is 0 Å². The Morgan fingerprint density at radius 3 is 2.32 bits per heavy atom. The molecule has 1 aliphatic heterocycles. The maximum Gasteiger partial charge on any atom is 0.243 e. The second-order valence-electron chi connectivity index (χ2n) is 5.38. The van der Waals surface area contributed by atoms with Gasteiger partial charge in [-0.2, -0.15) is 4.31 Å². The van der Waals surface area contributed by atoms with Gasteiger partial charge in [0, 0.05) is 17.6 Å². The van der Waals surface area contributed by atoms with Gasteiger partial charge in [0.25, 0.3) is 0 Å². The summed E-state index contributed by atoms with van der Waals surface area (Å²) >= 11 is 4.86. The maximum absolute atomic E-state index is 12.6. The van der Waals surface area contributed by atoms with Crippen molar-refractivity contribution in [3.63, 3.8) is 0 Å². The average molecular weight is 298 g/mol. The third-order valence-corrected chi connectivity index (χ3v) is 5.91. The van der Waals surface area contributed by atoms with E-state index in [9.17, 15) is 8.42 Å². The third-order valence-electron chi connectivity index (χ3n) is 3.55. The van der Waals surface area contributed by atoms with Gasteiger partial charge in [-0.25, -0.2) is 8.42 Å². The van der Waals surface area contributed by atoms with E-state index in [1.807, 2.05) is 13.8 Å². The number of benzene rings is 1. The Kier molecular flexibility index (Phi) is 3.68. The SMILES string of the molecule is CC1(C)CCCN1S(=O)(=O)c1ccc(C(N)=S)cc1. The smallest absolute Gasteiger partial charge is 0.243 e. The van der Waals surface area contributed by atoms with E-state index >= 15 is 0 Å². The van der Waals surface area contributed by atoms with E-state index in [4.69, 9.17) is 18.0 Å². The average Bonchev–Trinajstić information content (AvgIpc) is 2.69. The monoisotopic (exact) mass is 298 g/mol. The zero-order chi connectivity index (χ0) is 14.3. The highest BCUT2D eigenvalue weighted by Gasteiger charge is 2.40. The van der Waals surface area contributed by atoms with Gasteiger partial charge in [0.1, 0.15) is 4.99 Å². The summed E-state index contributed by atoms with van der Waals surface area (Å²) in [6.07, 6.45) is 1.79. The summed E-state index contributed by atoms with van der Waals surface area (Å²) in [4.78, 5) is 0.563. The lowest BCUT2D eigenvalue weighted by molar-refractivity contribution is 0.292. The molecule has 1 fully saturated rings. The van der Waals surface area contributed by atoms with E-state index in [1.165, 1.54) is 0 Å². The lowest BCUT2D eigenvalue weighted by atomic mass is 10.0. The molecule has 0 spiro atoms. The second kappa shape index (κ2) is 4.85. The minimum Gasteiger partial charge on any atom is -0.389 e. The molecule has 4 nitrogen and oxygen atoms in total. The van der Waals surface area contributed by atoms with Crippen LogP contribution in [0.1, 0.15) is 32.3 Å². The molecule has 1 aromatic rings. The molecule has 0 aliphatic carbocycles. The topological polar surface area (TPSA) is 63.4 Å². The molecule has 19 heavy (non-hydrogen) atoms. The predicted molar refractivity (Wildman–Crippen MR) is 79.5 cm³/mol. The van der Waals surface area contributed by atoms with E-state index in [1.54, 1.807) is 28.6 Å². The van der Waals surface area contributed by atoms with Gasteiger partial charge in [0.2, 0.25) is 10.0 Å². The second-order valence-corrected chi connectivity index (χ2v) is 7.68. The number of hydrogen-bond acceptors (Lipinski definition) is 3. The molecule has 2 N–H and O–H groups in total. The van der Waals surface area contributed by atoms with E-state index < -0.39 is 10.0 Å². The van der Waals surface area contributed by atoms with E-state index in [-0.39, 0.29) is 10.5 Å². The molecule has 1 aliphatic rings. The molecule has 0 amide bonds. The van der Waals surface area contributed by atoms with Gasteiger partial charge in [-0.05, 0) is 38.8 Å². The molecule has 1 saturated heterocycles. The summed E-state index contributed by atoms with van der Waals surface area (Å²) in [6, 6.07) is 6.44. The minimum atomic E-state index is -3.44. The molecule has 1 heterocycles. The van der Waals surface area contributed by atoms with E-state index in [2.05, 4.69) is 0 Å². The highest BCUT2D eigenvalue weighted by atomic mass is 32.2. The van der Waals surface area contributed by atoms with Gasteiger partial charge < -0.3 is 5.73 Å². The molecule has 2 rings (SSSR count). The Hall–Kier alpha value is -0.980. The molecule has 1 aromatic carbocycles. The summed E-state index contributed by atoms with van der Waals surface area (Å²) in [5, 5.41) is 0. The highest BCUT2D eigenvalue weighted by molar-refractivity contribution is 7.89. The Morgan fingerprint density at radius 2 is 1.89 bits per heavy atom. The largest absolute Gasteiger partial charge is 0.389 e. The van der Waals surface area contributed by atoms with Crippen LogP contribution in [-0.4, -0.2) is 29.8 Å². The first-order chi connectivity index (χ1) is 8.75. The summed E-state index contributed by atoms with van der Waals surface area (Å²) in [6.45, 7) is 4.49. The van der Waals surface area contributed by atoms with Crippen molar-refractivity contribution in [1.29, 1.82) is 0 Å². The quantitative estimate of drug-likeness (QED) is 0.866. The van der Waals surface area contributed by atoms with Crippen molar-refractivity contribution in [2.24, 2.45) is 5.73 Å². The first-order valence-corrected chi connectivity index (χ1v) is 8.03. The van der Waals surface area contributed by atoms with Crippen LogP contribution in [-0.2, 0) is 10.0 Å². The number of thiocarbonyl (C=S) groups is 1. The van der Waals surface area contributed by atoms with Gasteiger partial charge in [-0.3, -0.25) is 0 Å². The van der Waals surface area contributed by atoms with Crippen LogP contribution in [0.3, 0.4) is 0 Å². The van der Waals surface area contributed by atoms with Gasteiger partial charge in [-0.1, -0.05) is 24.4 Å². The van der Waals surface area contributed by atoms with Crippen molar-refractivity contribution in [2.45, 2.75) is 37.1 Å². The van der Waals surface area contributed by atoms with Crippen molar-refractivity contribution in [2.75, 3.05) is 6.54 Å². The standard InChI is InChI=1S/C13H18N2O2S2/c1-13(2)8-3-9-15(13)19(16,17)11-6-4-10(5-7-11)12(14)18/h4-7H,3,8-9H2,1-2H3,(H2,14,18). The lowest BCUT2D eigenvalue weighted by Gasteiger charge is -2.30. The van der Waals surface area contributed by atoms with Crippen LogP contribution in [0, 0.1) is 0 Å².